The van der Waals surface area contributed by atoms with Gasteiger partial charge in [-0.3, -0.25) is 0 Å². The van der Waals surface area contributed by atoms with Gasteiger partial charge in [0.2, 0.25) is 0 Å². The lowest BCUT2D eigenvalue weighted by molar-refractivity contribution is -0.144. The molecule has 39 heteroatoms. The third-order valence-corrected chi connectivity index (χ3v) is 22.9. The molecule has 3 aromatic heterocycles. The highest BCUT2D eigenvalue weighted by Gasteiger charge is 2.51. The van der Waals surface area contributed by atoms with Crippen LogP contribution in [0.2, 0.25) is 0 Å². The number of alkyl halides is 15. The third kappa shape index (κ3) is 22.4. The van der Waals surface area contributed by atoms with Gasteiger partial charge in [-0.05, 0) is 181 Å². The standard InChI is InChI=1S/3C27H32F5N5O3/c3*1-17-2-3-20(33-25(39)36-5-4-18(14-36)13-27(30,31)32)12-21(17)19-10-23(35-6-8-40-9-7-35)34-24(11-19)37-15-22(38)26(28,29)16-37/h3*2-3,10-12,18,22,38H,4-9,13-16H2,1H3,(H,33,39)/t18-,22?;18-,22+;18-,22-/m000/s1. The van der Waals surface area contributed by atoms with Crippen LogP contribution >= 0.6 is 0 Å². The van der Waals surface area contributed by atoms with Crippen molar-refractivity contribution < 1.29 is 110 Å². The van der Waals surface area contributed by atoms with E-state index in [4.69, 9.17) is 14.2 Å². The van der Waals surface area contributed by atoms with Crippen LogP contribution in [-0.2, 0) is 14.2 Å². The number of nitrogens with one attached hydrogen (secondary N) is 3. The lowest BCUT2D eigenvalue weighted by Gasteiger charge is -2.29. The molecule has 0 saturated carbocycles. The van der Waals surface area contributed by atoms with Crippen LogP contribution in [0.1, 0.15) is 55.2 Å². The first kappa shape index (κ1) is 88.2. The molecule has 9 aliphatic rings. The summed E-state index contributed by atoms with van der Waals surface area (Å²) in [7, 11) is 0. The number of nitrogens with zero attached hydrogens (tertiary/aromatic N) is 12. The normalized spacial score (nSPS) is 23.1. The van der Waals surface area contributed by atoms with Crippen LogP contribution in [0.3, 0.4) is 0 Å². The van der Waals surface area contributed by atoms with Crippen molar-refractivity contribution in [3.63, 3.8) is 0 Å². The van der Waals surface area contributed by atoms with Gasteiger partial charge in [0.1, 0.15) is 53.2 Å². The molecule has 3 aromatic carbocycles. The van der Waals surface area contributed by atoms with Crippen LogP contribution in [0, 0.1) is 38.5 Å². The molecule has 15 rings (SSSR count). The number of halogens is 15. The zero-order chi connectivity index (χ0) is 86.0. The molecule has 0 radical (unpaired) electrons. The minimum absolute atomic E-state index is 0.0347. The molecule has 9 saturated heterocycles. The highest BCUT2D eigenvalue weighted by Crippen LogP contribution is 2.43. The fraction of sp³-hybridized carbons (Fsp3) is 0.556. The number of benzene rings is 3. The Hall–Kier alpha value is -9.57. The van der Waals surface area contributed by atoms with Gasteiger partial charge < -0.3 is 89.6 Å². The summed E-state index contributed by atoms with van der Waals surface area (Å²) < 4.78 is 216. The number of ether oxygens (including phenoxy) is 3. The second-order valence-electron chi connectivity index (χ2n) is 32.1. The van der Waals surface area contributed by atoms with E-state index in [0.29, 0.717) is 167 Å². The molecule has 6 N–H and O–H groups in total. The van der Waals surface area contributed by atoms with E-state index >= 15 is 0 Å². The lowest BCUT2D eigenvalue weighted by Crippen LogP contribution is -2.37. The number of urea groups is 3. The number of pyridine rings is 3. The van der Waals surface area contributed by atoms with Gasteiger partial charge in [0, 0.05) is 115 Å². The SMILES string of the molecule is Cc1ccc(NC(=O)N2CC[C@@H](CC(F)(F)F)C2)cc1-c1cc(N2CCOCC2)nc(N2CC(O)C(F)(F)C2)c1.Cc1ccc(NC(=O)N2CC[C@@H](CC(F)(F)F)C2)cc1-c1cc(N2CCOCC2)nc(N2C[C@@H](O)C(F)(F)C2)c1.Cc1ccc(NC(=O)N2CC[C@@H](CC(F)(F)F)C2)cc1-c1cc(N2CCOCC2)nc(N2C[C@H](O)C(F)(F)C2)c1. The molecule has 6 amide bonds. The summed E-state index contributed by atoms with van der Waals surface area (Å²) in [4.78, 5) is 66.7. The van der Waals surface area contributed by atoms with Crippen molar-refractivity contribution in [3.05, 3.63) is 108 Å². The third-order valence-electron chi connectivity index (χ3n) is 22.9. The van der Waals surface area contributed by atoms with Crippen LogP contribution in [0.25, 0.3) is 33.4 Å². The second-order valence-corrected chi connectivity index (χ2v) is 32.1. The summed E-state index contributed by atoms with van der Waals surface area (Å²) in [6, 6.07) is 25.0. The summed E-state index contributed by atoms with van der Waals surface area (Å²) in [6.07, 6.45) is -20.1. The number of hydrogen-bond acceptors (Lipinski definition) is 18. The average Bonchev–Trinajstić information content (AvgIpc) is 1.53. The Bertz CT molecular complexity index is 4160. The number of aliphatic hydroxyl groups excluding tert-OH is 3. The number of β-amino-alcohol motifs (C(OH)–C–C–N with tert-alkyl or cyclic N) is 3. The molecule has 0 aliphatic carbocycles. The van der Waals surface area contributed by atoms with Gasteiger partial charge in [-0.25, -0.2) is 55.7 Å². The Kier molecular flexibility index (Phi) is 26.6. The molecule has 9 aliphatic heterocycles. The molecule has 0 bridgehead atoms. The predicted molar refractivity (Wildman–Crippen MR) is 420 cm³/mol. The fourth-order valence-electron chi connectivity index (χ4n) is 16.3. The van der Waals surface area contributed by atoms with Crippen molar-refractivity contribution in [2.75, 3.05) is 203 Å². The van der Waals surface area contributed by atoms with Gasteiger partial charge in [-0.1, -0.05) is 18.2 Å². The minimum Gasteiger partial charge on any atom is -0.385 e. The van der Waals surface area contributed by atoms with Crippen LogP contribution in [0.15, 0.2) is 91.0 Å². The van der Waals surface area contributed by atoms with Crippen LogP contribution < -0.4 is 45.3 Å². The van der Waals surface area contributed by atoms with E-state index in [9.17, 15) is 95.6 Å². The first-order valence-electron chi connectivity index (χ1n) is 39.8. The molecule has 6 atom stereocenters. The van der Waals surface area contributed by atoms with Crippen molar-refractivity contribution in [2.24, 2.45) is 17.8 Å². The number of aryl methyl sites for hydroxylation is 3. The zero-order valence-corrected chi connectivity index (χ0v) is 66.2. The molecule has 1 unspecified atom stereocenters. The van der Waals surface area contributed by atoms with E-state index in [2.05, 4.69) is 30.9 Å². The van der Waals surface area contributed by atoms with Crippen molar-refractivity contribution in [1.29, 1.82) is 0 Å². The molecule has 6 aromatic rings. The molecule has 24 nitrogen and oxygen atoms in total. The van der Waals surface area contributed by atoms with Gasteiger partial charge in [-0.15, -0.1) is 0 Å². The van der Waals surface area contributed by atoms with Gasteiger partial charge >= 0.3 is 36.6 Å². The second kappa shape index (κ2) is 36.2. The van der Waals surface area contributed by atoms with E-state index in [1.54, 1.807) is 54.6 Å². The van der Waals surface area contributed by atoms with Gasteiger partial charge in [-0.2, -0.15) is 39.5 Å². The van der Waals surface area contributed by atoms with Gasteiger partial charge in [0.25, 0.3) is 17.8 Å². The van der Waals surface area contributed by atoms with Crippen molar-refractivity contribution in [3.8, 4) is 33.4 Å². The summed E-state index contributed by atoms with van der Waals surface area (Å²) >= 11 is 0. The Morgan fingerprint density at radius 1 is 0.367 bits per heavy atom. The number of carbonyl (C=O) groups is 3. The zero-order valence-electron chi connectivity index (χ0n) is 66.2. The average molecular weight is 1710 g/mol. The van der Waals surface area contributed by atoms with E-state index in [1.807, 2.05) is 71.9 Å². The van der Waals surface area contributed by atoms with Crippen LogP contribution in [-0.4, -0.2) is 275 Å². The molecular weight excluding hydrogens is 1610 g/mol. The minimum atomic E-state index is -4.27. The summed E-state index contributed by atoms with van der Waals surface area (Å²) in [6.45, 7) is 10.2. The predicted octanol–water partition coefficient (Wildman–Crippen LogP) is 13.5. The number of morpholine rings is 3. The number of hydrogen-bond donors (Lipinski definition) is 6. The first-order valence-corrected chi connectivity index (χ1v) is 39.8. The maximum atomic E-state index is 14.2. The van der Waals surface area contributed by atoms with E-state index in [1.165, 1.54) is 29.4 Å². The highest BCUT2D eigenvalue weighted by atomic mass is 19.4. The maximum Gasteiger partial charge on any atom is 0.389 e. The molecule has 120 heavy (non-hydrogen) atoms. The smallest absolute Gasteiger partial charge is 0.385 e. The molecule has 0 spiro atoms. The molecule has 12 heterocycles. The number of anilines is 9. The fourth-order valence-corrected chi connectivity index (χ4v) is 16.3. The van der Waals surface area contributed by atoms with E-state index in [0.717, 1.165) is 33.4 Å². The maximum absolute atomic E-state index is 14.2. The van der Waals surface area contributed by atoms with Gasteiger partial charge in [0.05, 0.1) is 78.9 Å². The highest BCUT2D eigenvalue weighted by molar-refractivity contribution is 5.93. The Labute approximate surface area is 682 Å². The van der Waals surface area contributed by atoms with E-state index < -0.39 is 129 Å². The summed E-state index contributed by atoms with van der Waals surface area (Å²) in [5, 5.41) is 38.0. The number of aromatic nitrogens is 3. The van der Waals surface area contributed by atoms with E-state index in [-0.39, 0.29) is 58.9 Å². The lowest BCUT2D eigenvalue weighted by atomic mass is 10.00. The Balaban J connectivity index is 0.000000156. The molecular formula is C81H96F15N15O9. The van der Waals surface area contributed by atoms with Crippen molar-refractivity contribution in [2.45, 2.75) is 114 Å². The Morgan fingerprint density at radius 2 is 0.600 bits per heavy atom. The van der Waals surface area contributed by atoms with Crippen molar-refractivity contribution in [1.82, 2.24) is 29.7 Å². The monoisotopic (exact) mass is 1710 g/mol. The number of aliphatic hydroxyl groups is 3. The summed E-state index contributed by atoms with van der Waals surface area (Å²) in [5.41, 5.74) is 8.24. The first-order chi connectivity index (χ1) is 56.6. The number of likely N-dealkylation sites (tertiary alicyclic amines) is 3. The molecule has 654 valence electrons. The molecule has 9 fully saturated rings. The largest absolute Gasteiger partial charge is 0.389 e. The number of carbonyl (C=O) groups excluding carboxylic acids is 3. The van der Waals surface area contributed by atoms with Crippen LogP contribution in [0.4, 0.5) is 132 Å². The van der Waals surface area contributed by atoms with Crippen LogP contribution in [0.5, 0.6) is 0 Å². The number of rotatable bonds is 15. The summed E-state index contributed by atoms with van der Waals surface area (Å²) in [5.74, 6) is -8.97. The van der Waals surface area contributed by atoms with Gasteiger partial charge in [0.15, 0.2) is 0 Å². The Morgan fingerprint density at radius 3 is 0.817 bits per heavy atom. The van der Waals surface area contributed by atoms with Crippen molar-refractivity contribution >= 4 is 70.1 Å². The number of amides is 6. The topological polar surface area (TPSA) is 244 Å². The quantitative estimate of drug-likeness (QED) is 0.0524.